The number of rotatable bonds is 8. The Kier molecular flexibility index (Phi) is 7.94. The zero-order chi connectivity index (χ0) is 25.7. The predicted octanol–water partition coefficient (Wildman–Crippen LogP) is 4.17. The smallest absolute Gasteiger partial charge is 0.406 e. The quantitative estimate of drug-likeness (QED) is 0.488. The molecule has 1 aromatic carbocycles. The van der Waals surface area contributed by atoms with E-state index in [4.69, 9.17) is 9.47 Å². The van der Waals surface area contributed by atoms with Gasteiger partial charge in [0.25, 0.3) is 5.91 Å². The maximum Gasteiger partial charge on any atom is 0.406 e. The molecule has 190 valence electrons. The summed E-state index contributed by atoms with van der Waals surface area (Å²) in [5, 5.41) is 4.44. The van der Waals surface area contributed by atoms with Gasteiger partial charge in [-0.2, -0.15) is 0 Å². The molecule has 3 aromatic rings. The number of nitrogens with zero attached hydrogens (tertiary/aromatic N) is 4. The lowest BCUT2D eigenvalue weighted by molar-refractivity contribution is 0.0990. The average molecular weight is 510 g/mol. The Morgan fingerprint density at radius 1 is 1.22 bits per heavy atom. The molecule has 1 atom stereocenters. The van der Waals surface area contributed by atoms with E-state index in [1.165, 1.54) is 7.05 Å². The van der Waals surface area contributed by atoms with Crippen LogP contribution >= 0.6 is 11.3 Å². The highest BCUT2D eigenvalue weighted by atomic mass is 32.1. The molecule has 4 rings (SSSR count). The van der Waals surface area contributed by atoms with Crippen molar-refractivity contribution in [2.45, 2.75) is 12.5 Å². The molecule has 0 aliphatic carbocycles. The molecule has 10 heteroatoms. The Morgan fingerprint density at radius 3 is 2.78 bits per heavy atom. The number of alkyl carbamates (subject to hydrolysis) is 1. The normalized spacial score (nSPS) is 14.1. The maximum absolute atomic E-state index is 13.6. The number of fused-ring (bicyclic) bond motifs is 1. The van der Waals surface area contributed by atoms with Crippen LogP contribution in [-0.2, 0) is 4.74 Å². The number of likely N-dealkylation sites (N-methyl/N-ethyl adjacent to an activating group) is 1. The van der Waals surface area contributed by atoms with Crippen LogP contribution in [0.3, 0.4) is 0 Å². The highest BCUT2D eigenvalue weighted by molar-refractivity contribution is 7.10. The Balaban J connectivity index is 1.56. The maximum atomic E-state index is 13.6. The van der Waals surface area contributed by atoms with Crippen LogP contribution in [0.1, 0.15) is 27.8 Å². The van der Waals surface area contributed by atoms with Crippen molar-refractivity contribution in [3.63, 3.8) is 0 Å². The lowest BCUT2D eigenvalue weighted by Crippen LogP contribution is -2.33. The van der Waals surface area contributed by atoms with E-state index in [2.05, 4.69) is 15.2 Å². The van der Waals surface area contributed by atoms with Crippen molar-refractivity contribution in [1.29, 1.82) is 0 Å². The summed E-state index contributed by atoms with van der Waals surface area (Å²) in [5.74, 6) is 1.34. The van der Waals surface area contributed by atoms with E-state index < -0.39 is 6.09 Å². The largest absolute Gasteiger partial charge is 0.485 e. The number of thiophene rings is 1. The molecule has 1 unspecified atom stereocenters. The third-order valence-corrected chi connectivity index (χ3v) is 6.92. The first kappa shape index (κ1) is 25.3. The van der Waals surface area contributed by atoms with E-state index in [1.54, 1.807) is 22.4 Å². The second kappa shape index (κ2) is 11.3. The summed E-state index contributed by atoms with van der Waals surface area (Å²) >= 11 is 1.58. The summed E-state index contributed by atoms with van der Waals surface area (Å²) in [6.07, 6.45) is 1.39. The van der Waals surface area contributed by atoms with Crippen molar-refractivity contribution in [2.75, 3.05) is 62.6 Å². The van der Waals surface area contributed by atoms with Gasteiger partial charge in [0.05, 0.1) is 17.9 Å². The van der Waals surface area contributed by atoms with Gasteiger partial charge < -0.3 is 29.5 Å². The standard InChI is InChI=1S/C26H31N5O4S/c1-27-26(33)34-13-10-22(23-9-6-14-36-23)35-19-8-5-7-18(15-19)31-12-11-30(4)21-16-24(29(2)3)28-17-20(21)25(31)32/h5-9,14-17,22H,10-13H2,1-4H3,(H,27,33). The van der Waals surface area contributed by atoms with E-state index in [0.29, 0.717) is 30.8 Å². The van der Waals surface area contributed by atoms with Crippen LogP contribution in [0.4, 0.5) is 22.0 Å². The summed E-state index contributed by atoms with van der Waals surface area (Å²) in [6.45, 7) is 1.42. The monoisotopic (exact) mass is 509 g/mol. The van der Waals surface area contributed by atoms with Crippen LogP contribution < -0.4 is 24.8 Å². The minimum atomic E-state index is -0.473. The zero-order valence-corrected chi connectivity index (χ0v) is 21.7. The van der Waals surface area contributed by atoms with Crippen molar-refractivity contribution in [3.8, 4) is 5.75 Å². The van der Waals surface area contributed by atoms with Gasteiger partial charge in [-0.1, -0.05) is 12.1 Å². The molecule has 2 amide bonds. The Labute approximate surface area is 215 Å². The van der Waals surface area contributed by atoms with Crippen molar-refractivity contribution in [3.05, 3.63) is 64.5 Å². The summed E-state index contributed by atoms with van der Waals surface area (Å²) < 4.78 is 11.5. The fraction of sp³-hybridized carbons (Fsp3) is 0.346. The number of hydrogen-bond donors (Lipinski definition) is 1. The van der Waals surface area contributed by atoms with Crippen LogP contribution in [0, 0.1) is 0 Å². The summed E-state index contributed by atoms with van der Waals surface area (Å²) in [7, 11) is 7.37. The van der Waals surface area contributed by atoms with Gasteiger partial charge in [-0.25, -0.2) is 9.78 Å². The molecule has 36 heavy (non-hydrogen) atoms. The Morgan fingerprint density at radius 2 is 2.06 bits per heavy atom. The lowest BCUT2D eigenvalue weighted by atomic mass is 10.1. The SMILES string of the molecule is CNC(=O)OCCC(Oc1cccc(N2CCN(C)c3cc(N(C)C)ncc3C2=O)c1)c1cccs1. The molecule has 1 aliphatic rings. The van der Waals surface area contributed by atoms with Gasteiger partial charge in [-0.15, -0.1) is 11.3 Å². The van der Waals surface area contributed by atoms with Crippen LogP contribution in [0.25, 0.3) is 0 Å². The first-order valence-corrected chi connectivity index (χ1v) is 12.6. The van der Waals surface area contributed by atoms with Gasteiger partial charge in [0, 0.05) is 76.6 Å². The van der Waals surface area contributed by atoms with Crippen molar-refractivity contribution < 1.29 is 19.1 Å². The third kappa shape index (κ3) is 5.71. The average Bonchev–Trinajstić information content (AvgIpc) is 3.39. The molecule has 3 heterocycles. The summed E-state index contributed by atoms with van der Waals surface area (Å²) in [4.78, 5) is 36.3. The minimum absolute atomic E-state index is 0.0990. The molecule has 1 aliphatic heterocycles. The number of anilines is 3. The lowest BCUT2D eigenvalue weighted by Gasteiger charge is -2.23. The molecule has 2 aromatic heterocycles. The van der Waals surface area contributed by atoms with Gasteiger partial charge in [-0.05, 0) is 23.6 Å². The predicted molar refractivity (Wildman–Crippen MR) is 143 cm³/mol. The third-order valence-electron chi connectivity index (χ3n) is 5.96. The van der Waals surface area contributed by atoms with E-state index in [-0.39, 0.29) is 18.6 Å². The molecule has 0 saturated carbocycles. The number of carbonyl (C=O) groups is 2. The van der Waals surface area contributed by atoms with E-state index >= 15 is 0 Å². The number of carbonyl (C=O) groups excluding carboxylic acids is 2. The highest BCUT2D eigenvalue weighted by Crippen LogP contribution is 2.33. The fourth-order valence-corrected chi connectivity index (χ4v) is 4.77. The van der Waals surface area contributed by atoms with E-state index in [9.17, 15) is 9.59 Å². The molecule has 0 radical (unpaired) electrons. The number of aromatic nitrogens is 1. The number of ether oxygens (including phenoxy) is 2. The van der Waals surface area contributed by atoms with Crippen LogP contribution in [0.15, 0.2) is 54.0 Å². The van der Waals surface area contributed by atoms with Gasteiger partial charge in [0.1, 0.15) is 17.7 Å². The van der Waals surface area contributed by atoms with Crippen molar-refractivity contribution in [1.82, 2.24) is 10.3 Å². The van der Waals surface area contributed by atoms with E-state index in [1.807, 2.05) is 73.9 Å². The number of benzene rings is 1. The molecule has 1 N–H and O–H groups in total. The highest BCUT2D eigenvalue weighted by Gasteiger charge is 2.27. The molecule has 0 fully saturated rings. The second-order valence-corrected chi connectivity index (χ2v) is 9.61. The van der Waals surface area contributed by atoms with Crippen molar-refractivity contribution >= 4 is 40.5 Å². The van der Waals surface area contributed by atoms with Crippen LogP contribution in [-0.4, -0.2) is 64.9 Å². The van der Waals surface area contributed by atoms with Crippen LogP contribution in [0.2, 0.25) is 0 Å². The number of nitrogens with one attached hydrogen (secondary N) is 1. The summed E-state index contributed by atoms with van der Waals surface area (Å²) in [6, 6.07) is 13.5. The molecular formula is C26H31N5O4S. The minimum Gasteiger partial charge on any atom is -0.485 e. The first-order valence-electron chi connectivity index (χ1n) is 11.7. The van der Waals surface area contributed by atoms with Crippen LogP contribution in [0.5, 0.6) is 5.75 Å². The molecule has 0 saturated heterocycles. The molecular weight excluding hydrogens is 478 g/mol. The fourth-order valence-electron chi connectivity index (χ4n) is 3.98. The van der Waals surface area contributed by atoms with Gasteiger partial charge >= 0.3 is 6.09 Å². The second-order valence-electron chi connectivity index (χ2n) is 8.63. The van der Waals surface area contributed by atoms with Gasteiger partial charge in [0.2, 0.25) is 0 Å². The van der Waals surface area contributed by atoms with E-state index in [0.717, 1.165) is 22.1 Å². The summed E-state index contributed by atoms with van der Waals surface area (Å²) in [5.41, 5.74) is 2.18. The molecule has 9 nitrogen and oxygen atoms in total. The Bertz CT molecular complexity index is 1200. The zero-order valence-electron chi connectivity index (χ0n) is 20.9. The van der Waals surface area contributed by atoms with Gasteiger partial charge in [0.15, 0.2) is 0 Å². The molecule has 0 spiro atoms. The van der Waals surface area contributed by atoms with Crippen molar-refractivity contribution in [2.24, 2.45) is 0 Å². The number of amides is 2. The first-order chi connectivity index (χ1) is 17.4. The number of hydrogen-bond acceptors (Lipinski definition) is 8. The molecule has 0 bridgehead atoms. The van der Waals surface area contributed by atoms with Gasteiger partial charge in [-0.3, -0.25) is 4.79 Å². The number of pyridine rings is 1. The topological polar surface area (TPSA) is 87.2 Å². The Hall–Kier alpha value is -3.79.